The number of hydrogen-bond acceptors (Lipinski definition) is 2. The van der Waals surface area contributed by atoms with Gasteiger partial charge in [0.1, 0.15) is 0 Å². The maximum Gasteiger partial charge on any atom is 0.0309 e. The molecule has 1 unspecified atom stereocenters. The third-order valence-electron chi connectivity index (χ3n) is 3.89. The number of aryl methyl sites for hydroxylation is 1. The fourth-order valence-electron chi connectivity index (χ4n) is 2.67. The molecule has 0 aliphatic heterocycles. The summed E-state index contributed by atoms with van der Waals surface area (Å²) in [5, 5.41) is 0. The Bertz CT molecular complexity index is 371. The molecule has 0 saturated heterocycles. The van der Waals surface area contributed by atoms with Crippen LogP contribution in [0.5, 0.6) is 0 Å². The van der Waals surface area contributed by atoms with Crippen LogP contribution >= 0.6 is 0 Å². The van der Waals surface area contributed by atoms with E-state index >= 15 is 0 Å². The summed E-state index contributed by atoms with van der Waals surface area (Å²) in [6.07, 6.45) is 5.09. The van der Waals surface area contributed by atoms with E-state index in [0.29, 0.717) is 0 Å². The molecule has 0 heterocycles. The van der Waals surface area contributed by atoms with Gasteiger partial charge in [0.2, 0.25) is 0 Å². The zero-order valence-corrected chi connectivity index (χ0v) is 11.7. The van der Waals surface area contributed by atoms with Gasteiger partial charge in [-0.3, -0.25) is 0 Å². The van der Waals surface area contributed by atoms with Crippen molar-refractivity contribution in [2.75, 3.05) is 13.1 Å². The van der Waals surface area contributed by atoms with Gasteiger partial charge in [-0.1, -0.05) is 31.2 Å². The zero-order valence-electron chi connectivity index (χ0n) is 11.7. The van der Waals surface area contributed by atoms with Gasteiger partial charge in [-0.25, -0.2) is 0 Å². The van der Waals surface area contributed by atoms with E-state index in [4.69, 9.17) is 5.73 Å². The highest BCUT2D eigenvalue weighted by molar-refractivity contribution is 5.28. The third kappa shape index (κ3) is 3.56. The zero-order chi connectivity index (χ0) is 13.0. The molecule has 1 atom stereocenters. The van der Waals surface area contributed by atoms with E-state index in [1.54, 1.807) is 0 Å². The highest BCUT2D eigenvalue weighted by Gasteiger charge is 2.28. The van der Waals surface area contributed by atoms with Gasteiger partial charge in [0, 0.05) is 18.6 Å². The second-order valence-electron chi connectivity index (χ2n) is 5.52. The van der Waals surface area contributed by atoms with Crippen LogP contribution in [0.3, 0.4) is 0 Å². The second kappa shape index (κ2) is 6.35. The molecule has 100 valence electrons. The normalized spacial score (nSPS) is 17.1. The van der Waals surface area contributed by atoms with Gasteiger partial charge in [0.15, 0.2) is 0 Å². The first-order valence-electron chi connectivity index (χ1n) is 7.27. The van der Waals surface area contributed by atoms with E-state index in [9.17, 15) is 0 Å². The van der Waals surface area contributed by atoms with Gasteiger partial charge in [-0.05, 0) is 50.3 Å². The summed E-state index contributed by atoms with van der Waals surface area (Å²) in [6.45, 7) is 6.79. The Balaban J connectivity index is 1.87. The molecule has 2 N–H and O–H groups in total. The Morgan fingerprint density at radius 3 is 2.61 bits per heavy atom. The molecule has 0 radical (unpaired) electrons. The Labute approximate surface area is 111 Å². The van der Waals surface area contributed by atoms with Crippen LogP contribution in [-0.2, 0) is 0 Å². The largest absolute Gasteiger partial charge is 0.324 e. The van der Waals surface area contributed by atoms with Crippen LogP contribution in [0.1, 0.15) is 49.8 Å². The maximum atomic E-state index is 6.33. The van der Waals surface area contributed by atoms with Crippen LogP contribution in [0.15, 0.2) is 24.3 Å². The van der Waals surface area contributed by atoms with Gasteiger partial charge in [0.05, 0.1) is 0 Å². The van der Waals surface area contributed by atoms with Crippen LogP contribution in [0, 0.1) is 6.92 Å². The number of rotatable bonds is 7. The summed E-state index contributed by atoms with van der Waals surface area (Å²) in [4.78, 5) is 2.62. The molecule has 0 spiro atoms. The number of hydrogen-bond donors (Lipinski definition) is 1. The first-order valence-corrected chi connectivity index (χ1v) is 7.27. The van der Waals surface area contributed by atoms with Crippen LogP contribution in [0.4, 0.5) is 0 Å². The SMILES string of the molecule is CCCN(CCC(N)c1ccccc1C)C1CC1. The van der Waals surface area contributed by atoms with E-state index in [1.165, 1.54) is 36.9 Å². The minimum Gasteiger partial charge on any atom is -0.324 e. The topological polar surface area (TPSA) is 29.3 Å². The predicted octanol–water partition coefficient (Wildman–Crippen LogP) is 3.26. The van der Waals surface area contributed by atoms with Gasteiger partial charge in [-0.15, -0.1) is 0 Å². The van der Waals surface area contributed by atoms with Crippen molar-refractivity contribution < 1.29 is 0 Å². The molecule has 1 saturated carbocycles. The Hall–Kier alpha value is -0.860. The number of nitrogens with two attached hydrogens (primary N) is 1. The monoisotopic (exact) mass is 246 g/mol. The summed E-state index contributed by atoms with van der Waals surface area (Å²) in [5.74, 6) is 0. The highest BCUT2D eigenvalue weighted by Crippen LogP contribution is 2.28. The minimum atomic E-state index is 0.185. The van der Waals surface area contributed by atoms with Crippen LogP contribution in [0.2, 0.25) is 0 Å². The summed E-state index contributed by atoms with van der Waals surface area (Å²) >= 11 is 0. The minimum absolute atomic E-state index is 0.185. The predicted molar refractivity (Wildman–Crippen MR) is 77.6 cm³/mol. The summed E-state index contributed by atoms with van der Waals surface area (Å²) in [5.41, 5.74) is 8.96. The van der Waals surface area contributed by atoms with Gasteiger partial charge in [0.25, 0.3) is 0 Å². The highest BCUT2D eigenvalue weighted by atomic mass is 15.2. The van der Waals surface area contributed by atoms with Crippen molar-refractivity contribution in [3.05, 3.63) is 35.4 Å². The van der Waals surface area contributed by atoms with Crippen molar-refractivity contribution in [3.63, 3.8) is 0 Å². The first-order chi connectivity index (χ1) is 8.72. The van der Waals surface area contributed by atoms with E-state index in [-0.39, 0.29) is 6.04 Å². The Morgan fingerprint density at radius 1 is 1.28 bits per heavy atom. The second-order valence-corrected chi connectivity index (χ2v) is 5.52. The van der Waals surface area contributed by atoms with Crippen molar-refractivity contribution in [3.8, 4) is 0 Å². The summed E-state index contributed by atoms with van der Waals surface area (Å²) in [7, 11) is 0. The Morgan fingerprint density at radius 2 is 2.00 bits per heavy atom. The van der Waals surface area contributed by atoms with E-state index < -0.39 is 0 Å². The maximum absolute atomic E-state index is 6.33. The van der Waals surface area contributed by atoms with Gasteiger partial charge in [-0.2, -0.15) is 0 Å². The van der Waals surface area contributed by atoms with E-state index in [0.717, 1.165) is 19.0 Å². The fourth-order valence-corrected chi connectivity index (χ4v) is 2.67. The number of nitrogens with zero attached hydrogens (tertiary/aromatic N) is 1. The molecule has 0 aromatic heterocycles. The molecule has 0 bridgehead atoms. The summed E-state index contributed by atoms with van der Waals surface area (Å²) in [6, 6.07) is 9.53. The molecule has 18 heavy (non-hydrogen) atoms. The van der Waals surface area contributed by atoms with Crippen molar-refractivity contribution in [2.45, 2.75) is 51.6 Å². The molecule has 1 aromatic carbocycles. The lowest BCUT2D eigenvalue weighted by Gasteiger charge is -2.23. The molecule has 2 nitrogen and oxygen atoms in total. The number of benzene rings is 1. The molecular formula is C16H26N2. The lowest BCUT2D eigenvalue weighted by Crippen LogP contribution is -2.30. The fraction of sp³-hybridized carbons (Fsp3) is 0.625. The standard InChI is InChI=1S/C16H26N2/c1-3-11-18(14-8-9-14)12-10-16(17)15-7-5-4-6-13(15)2/h4-7,14,16H,3,8-12,17H2,1-2H3. The van der Waals surface area contributed by atoms with Crippen molar-refractivity contribution in [2.24, 2.45) is 5.73 Å². The van der Waals surface area contributed by atoms with Crippen molar-refractivity contribution >= 4 is 0 Å². The smallest absolute Gasteiger partial charge is 0.0309 e. The lowest BCUT2D eigenvalue weighted by molar-refractivity contribution is 0.253. The first kappa shape index (κ1) is 13.6. The van der Waals surface area contributed by atoms with E-state index in [1.807, 2.05) is 0 Å². The van der Waals surface area contributed by atoms with Crippen LogP contribution in [-0.4, -0.2) is 24.0 Å². The van der Waals surface area contributed by atoms with Crippen LogP contribution in [0.25, 0.3) is 0 Å². The van der Waals surface area contributed by atoms with Crippen molar-refractivity contribution in [1.29, 1.82) is 0 Å². The average molecular weight is 246 g/mol. The van der Waals surface area contributed by atoms with Crippen LogP contribution < -0.4 is 5.73 Å². The Kier molecular flexibility index (Phi) is 4.79. The molecule has 0 amide bonds. The molecular weight excluding hydrogens is 220 g/mol. The molecule has 1 aliphatic rings. The van der Waals surface area contributed by atoms with Gasteiger partial charge < -0.3 is 10.6 Å². The van der Waals surface area contributed by atoms with Gasteiger partial charge >= 0.3 is 0 Å². The molecule has 1 aliphatic carbocycles. The quantitative estimate of drug-likeness (QED) is 0.800. The average Bonchev–Trinajstić information content (AvgIpc) is 3.19. The third-order valence-corrected chi connectivity index (χ3v) is 3.89. The summed E-state index contributed by atoms with van der Waals surface area (Å²) < 4.78 is 0. The van der Waals surface area contributed by atoms with Crippen molar-refractivity contribution in [1.82, 2.24) is 4.90 Å². The van der Waals surface area contributed by atoms with E-state index in [2.05, 4.69) is 43.0 Å². The lowest BCUT2D eigenvalue weighted by atomic mass is 9.99. The molecule has 1 aromatic rings. The molecule has 2 rings (SSSR count). The molecule has 1 fully saturated rings. The molecule has 2 heteroatoms.